The van der Waals surface area contributed by atoms with Crippen LogP contribution >= 0.6 is 0 Å². The molecule has 0 atom stereocenters. The lowest BCUT2D eigenvalue weighted by Crippen LogP contribution is -2.05. The first-order valence-corrected chi connectivity index (χ1v) is 8.21. The van der Waals surface area contributed by atoms with Gasteiger partial charge in [0, 0.05) is 5.56 Å². The Labute approximate surface area is 157 Å². The van der Waals surface area contributed by atoms with Crippen LogP contribution in [0.25, 0.3) is 11.3 Å². The molecule has 0 bridgehead atoms. The summed E-state index contributed by atoms with van der Waals surface area (Å²) in [5, 5.41) is 9.39. The Morgan fingerprint density at radius 3 is 2.44 bits per heavy atom. The summed E-state index contributed by atoms with van der Waals surface area (Å²) in [6, 6.07) is 15.3. The van der Waals surface area contributed by atoms with E-state index in [4.69, 9.17) is 20.9 Å². The van der Waals surface area contributed by atoms with E-state index in [0.717, 1.165) is 5.56 Å². The van der Waals surface area contributed by atoms with Gasteiger partial charge in [-0.2, -0.15) is 10.2 Å². The third kappa shape index (κ3) is 3.90. The van der Waals surface area contributed by atoms with Gasteiger partial charge in [0.2, 0.25) is 5.95 Å². The number of nitrogens with zero attached hydrogens (tertiary/aromatic N) is 3. The Hall–Kier alpha value is -3.79. The molecular formula is C20H19N5O2. The Balaban J connectivity index is 1.97. The van der Waals surface area contributed by atoms with Gasteiger partial charge in [-0.05, 0) is 30.7 Å². The molecule has 0 radical (unpaired) electrons. The normalized spacial score (nSPS) is 10.3. The maximum absolute atomic E-state index is 9.39. The molecular weight excluding hydrogens is 342 g/mol. The number of hydrogen-bond acceptors (Lipinski definition) is 7. The number of nitrogens with two attached hydrogens (primary N) is 2. The molecule has 3 rings (SSSR count). The van der Waals surface area contributed by atoms with Gasteiger partial charge in [0.1, 0.15) is 24.1 Å². The van der Waals surface area contributed by atoms with E-state index in [1.165, 1.54) is 5.56 Å². The molecule has 0 aliphatic carbocycles. The average Bonchev–Trinajstić information content (AvgIpc) is 2.66. The summed E-state index contributed by atoms with van der Waals surface area (Å²) in [7, 11) is 1.56. The highest BCUT2D eigenvalue weighted by molar-refractivity contribution is 5.74. The molecule has 7 nitrogen and oxygen atoms in total. The van der Waals surface area contributed by atoms with Crippen LogP contribution in [0.1, 0.15) is 16.7 Å². The maximum atomic E-state index is 9.39. The lowest BCUT2D eigenvalue weighted by Gasteiger charge is -2.13. The van der Waals surface area contributed by atoms with Crippen LogP contribution in [-0.4, -0.2) is 17.1 Å². The molecule has 1 heterocycles. The number of benzene rings is 2. The smallest absolute Gasteiger partial charge is 0.222 e. The number of aromatic nitrogens is 2. The average molecular weight is 361 g/mol. The molecule has 0 aliphatic heterocycles. The summed E-state index contributed by atoms with van der Waals surface area (Å²) in [6.07, 6.45) is 0. The van der Waals surface area contributed by atoms with Crippen LogP contribution in [0, 0.1) is 18.3 Å². The number of rotatable bonds is 5. The molecule has 0 unspecified atom stereocenters. The minimum atomic E-state index is -0.000517. The van der Waals surface area contributed by atoms with Crippen molar-refractivity contribution in [3.05, 3.63) is 59.2 Å². The fourth-order valence-electron chi connectivity index (χ4n) is 2.60. The van der Waals surface area contributed by atoms with Crippen LogP contribution in [0.15, 0.2) is 42.5 Å². The zero-order valence-electron chi connectivity index (χ0n) is 15.1. The summed E-state index contributed by atoms with van der Waals surface area (Å²) < 4.78 is 11.3. The number of ether oxygens (including phenoxy) is 2. The summed E-state index contributed by atoms with van der Waals surface area (Å²) >= 11 is 0. The van der Waals surface area contributed by atoms with Crippen molar-refractivity contribution in [2.75, 3.05) is 18.6 Å². The molecule has 3 aromatic rings. The highest BCUT2D eigenvalue weighted by Gasteiger charge is 2.15. The second-order valence-electron chi connectivity index (χ2n) is 5.94. The van der Waals surface area contributed by atoms with Crippen molar-refractivity contribution in [3.8, 4) is 28.8 Å². The van der Waals surface area contributed by atoms with E-state index < -0.39 is 0 Å². The number of anilines is 2. The standard InChI is InChI=1S/C20H19N5O2/c1-12-3-5-13(6-4-12)11-27-17-9-14(7-8-16(17)26-2)18-15(10-21)19(22)25-20(23)24-18/h3-9H,11H2,1-2H3,(H4,22,23,24,25). The topological polar surface area (TPSA) is 120 Å². The largest absolute Gasteiger partial charge is 0.493 e. The maximum Gasteiger partial charge on any atom is 0.222 e. The number of aryl methyl sites for hydroxylation is 1. The van der Waals surface area contributed by atoms with Crippen LogP contribution in [-0.2, 0) is 6.61 Å². The Bertz CT molecular complexity index is 1010. The zero-order valence-corrected chi connectivity index (χ0v) is 15.1. The van der Waals surface area contributed by atoms with E-state index in [0.29, 0.717) is 29.4 Å². The van der Waals surface area contributed by atoms with Gasteiger partial charge in [0.25, 0.3) is 0 Å². The van der Waals surface area contributed by atoms with Gasteiger partial charge < -0.3 is 20.9 Å². The van der Waals surface area contributed by atoms with Crippen molar-refractivity contribution in [1.82, 2.24) is 9.97 Å². The fraction of sp³-hybridized carbons (Fsp3) is 0.150. The third-order valence-corrected chi connectivity index (χ3v) is 4.02. The molecule has 7 heteroatoms. The Morgan fingerprint density at radius 2 is 1.78 bits per heavy atom. The van der Waals surface area contributed by atoms with Gasteiger partial charge in [-0.3, -0.25) is 0 Å². The van der Waals surface area contributed by atoms with Crippen molar-refractivity contribution in [2.45, 2.75) is 13.5 Å². The number of methoxy groups -OCH3 is 1. The minimum Gasteiger partial charge on any atom is -0.493 e. The lowest BCUT2D eigenvalue weighted by atomic mass is 10.1. The molecule has 27 heavy (non-hydrogen) atoms. The van der Waals surface area contributed by atoms with E-state index in [2.05, 4.69) is 9.97 Å². The lowest BCUT2D eigenvalue weighted by molar-refractivity contribution is 0.284. The summed E-state index contributed by atoms with van der Waals surface area (Å²) in [6.45, 7) is 2.41. The van der Waals surface area contributed by atoms with Crippen molar-refractivity contribution in [1.29, 1.82) is 5.26 Å². The van der Waals surface area contributed by atoms with E-state index in [1.54, 1.807) is 25.3 Å². The molecule has 0 aliphatic rings. The van der Waals surface area contributed by atoms with Crippen LogP contribution in [0.4, 0.5) is 11.8 Å². The van der Waals surface area contributed by atoms with Crippen LogP contribution in [0.5, 0.6) is 11.5 Å². The third-order valence-electron chi connectivity index (χ3n) is 4.02. The number of nitriles is 1. The number of nitrogen functional groups attached to an aromatic ring is 2. The summed E-state index contributed by atoms with van der Waals surface area (Å²) in [4.78, 5) is 8.00. The Morgan fingerprint density at radius 1 is 1.04 bits per heavy atom. The zero-order chi connectivity index (χ0) is 19.4. The second kappa shape index (κ2) is 7.62. The van der Waals surface area contributed by atoms with Crippen LogP contribution in [0.2, 0.25) is 0 Å². The van der Waals surface area contributed by atoms with Gasteiger partial charge in [-0.1, -0.05) is 29.8 Å². The first-order chi connectivity index (χ1) is 13.0. The molecule has 2 aromatic carbocycles. The fourth-order valence-corrected chi connectivity index (χ4v) is 2.60. The van der Waals surface area contributed by atoms with Gasteiger partial charge >= 0.3 is 0 Å². The second-order valence-corrected chi connectivity index (χ2v) is 5.94. The monoisotopic (exact) mass is 361 g/mol. The van der Waals surface area contributed by atoms with Crippen molar-refractivity contribution in [3.63, 3.8) is 0 Å². The molecule has 4 N–H and O–H groups in total. The van der Waals surface area contributed by atoms with Crippen molar-refractivity contribution >= 4 is 11.8 Å². The molecule has 0 amide bonds. The van der Waals surface area contributed by atoms with Gasteiger partial charge in [-0.25, -0.2) is 4.98 Å². The predicted octanol–water partition coefficient (Wildman–Crippen LogP) is 3.08. The summed E-state index contributed by atoms with van der Waals surface area (Å²) in [5.74, 6) is 1.13. The van der Waals surface area contributed by atoms with E-state index in [1.807, 2.05) is 37.3 Å². The van der Waals surface area contributed by atoms with E-state index >= 15 is 0 Å². The van der Waals surface area contributed by atoms with Crippen LogP contribution < -0.4 is 20.9 Å². The Kier molecular flexibility index (Phi) is 5.08. The molecule has 0 fully saturated rings. The van der Waals surface area contributed by atoms with Gasteiger partial charge in [0.15, 0.2) is 11.5 Å². The SMILES string of the molecule is COc1ccc(-c2nc(N)nc(N)c2C#N)cc1OCc1ccc(C)cc1. The predicted molar refractivity (Wildman–Crippen MR) is 103 cm³/mol. The van der Waals surface area contributed by atoms with E-state index in [9.17, 15) is 5.26 Å². The highest BCUT2D eigenvalue weighted by Crippen LogP contribution is 2.34. The van der Waals surface area contributed by atoms with Crippen LogP contribution in [0.3, 0.4) is 0 Å². The molecule has 1 aromatic heterocycles. The highest BCUT2D eigenvalue weighted by atomic mass is 16.5. The quantitative estimate of drug-likeness (QED) is 0.716. The van der Waals surface area contributed by atoms with Crippen molar-refractivity contribution < 1.29 is 9.47 Å². The number of hydrogen-bond donors (Lipinski definition) is 2. The molecule has 0 spiro atoms. The molecule has 0 saturated carbocycles. The van der Waals surface area contributed by atoms with Crippen molar-refractivity contribution in [2.24, 2.45) is 0 Å². The first kappa shape index (κ1) is 18.0. The minimum absolute atomic E-state index is 0.000517. The molecule has 136 valence electrons. The molecule has 0 saturated heterocycles. The van der Waals surface area contributed by atoms with Gasteiger partial charge in [-0.15, -0.1) is 0 Å². The summed E-state index contributed by atoms with van der Waals surface area (Å²) in [5.41, 5.74) is 14.9. The van der Waals surface area contributed by atoms with E-state index in [-0.39, 0.29) is 17.3 Å². The van der Waals surface area contributed by atoms with Gasteiger partial charge in [0.05, 0.1) is 12.8 Å². The first-order valence-electron chi connectivity index (χ1n) is 8.21.